The quantitative estimate of drug-likeness (QED) is 0.800. The number of nitrogens with zero attached hydrogens (tertiary/aromatic N) is 4. The van der Waals surface area contributed by atoms with Crippen LogP contribution in [-0.4, -0.2) is 32.2 Å². The zero-order valence-corrected chi connectivity index (χ0v) is 13.1. The first-order chi connectivity index (χ1) is 10.1. The molecule has 3 N–H and O–H groups in total. The molecule has 0 unspecified atom stereocenters. The molecule has 2 heterocycles. The van der Waals surface area contributed by atoms with Crippen molar-refractivity contribution in [2.75, 3.05) is 12.3 Å². The van der Waals surface area contributed by atoms with Crippen LogP contribution in [0, 0.1) is 0 Å². The molecule has 0 fully saturated rings. The minimum atomic E-state index is 0.0113. The van der Waals surface area contributed by atoms with Crippen LogP contribution in [0.1, 0.15) is 37.8 Å². The SMILES string of the molecule is CC(C)n1cnnc1CCNC(=O)CCc1csc(N)n1. The Hall–Kier alpha value is -1.96. The molecule has 2 aromatic heterocycles. The number of amides is 1. The zero-order valence-electron chi connectivity index (χ0n) is 12.2. The monoisotopic (exact) mass is 308 g/mol. The van der Waals surface area contributed by atoms with E-state index in [0.717, 1.165) is 11.5 Å². The van der Waals surface area contributed by atoms with Crippen molar-refractivity contribution in [3.8, 4) is 0 Å². The number of carbonyl (C=O) groups excluding carboxylic acids is 1. The molecule has 0 saturated carbocycles. The van der Waals surface area contributed by atoms with E-state index in [0.29, 0.717) is 37.0 Å². The maximum absolute atomic E-state index is 11.8. The van der Waals surface area contributed by atoms with Crippen LogP contribution in [0.4, 0.5) is 5.13 Å². The van der Waals surface area contributed by atoms with Crippen LogP contribution in [0.15, 0.2) is 11.7 Å². The summed E-state index contributed by atoms with van der Waals surface area (Å²) in [5.41, 5.74) is 6.42. The van der Waals surface area contributed by atoms with Gasteiger partial charge in [0.1, 0.15) is 12.2 Å². The molecule has 0 aliphatic carbocycles. The van der Waals surface area contributed by atoms with Crippen molar-refractivity contribution in [2.45, 2.75) is 39.2 Å². The van der Waals surface area contributed by atoms with Gasteiger partial charge >= 0.3 is 0 Å². The fourth-order valence-corrected chi connectivity index (χ4v) is 2.56. The number of hydrogen-bond acceptors (Lipinski definition) is 6. The van der Waals surface area contributed by atoms with Crippen LogP contribution in [0.25, 0.3) is 0 Å². The van der Waals surface area contributed by atoms with Crippen LogP contribution in [0.3, 0.4) is 0 Å². The van der Waals surface area contributed by atoms with E-state index in [-0.39, 0.29) is 5.91 Å². The van der Waals surface area contributed by atoms with Gasteiger partial charge in [-0.05, 0) is 20.3 Å². The first-order valence-electron chi connectivity index (χ1n) is 6.91. The molecule has 2 rings (SSSR count). The second-order valence-corrected chi connectivity index (χ2v) is 5.91. The van der Waals surface area contributed by atoms with Gasteiger partial charge in [0.05, 0.1) is 5.69 Å². The van der Waals surface area contributed by atoms with Gasteiger partial charge in [-0.15, -0.1) is 21.5 Å². The Bertz CT molecular complexity index is 591. The lowest BCUT2D eigenvalue weighted by Crippen LogP contribution is -2.26. The van der Waals surface area contributed by atoms with Gasteiger partial charge in [-0.1, -0.05) is 0 Å². The molecule has 114 valence electrons. The van der Waals surface area contributed by atoms with Gasteiger partial charge in [-0.25, -0.2) is 4.98 Å². The number of rotatable bonds is 7. The van der Waals surface area contributed by atoms with Crippen molar-refractivity contribution in [3.05, 3.63) is 23.2 Å². The molecule has 0 atom stereocenters. The van der Waals surface area contributed by atoms with Gasteiger partial charge in [-0.3, -0.25) is 4.79 Å². The molecular weight excluding hydrogens is 288 g/mol. The summed E-state index contributed by atoms with van der Waals surface area (Å²) in [5, 5.41) is 13.3. The molecule has 0 aromatic carbocycles. The summed E-state index contributed by atoms with van der Waals surface area (Å²) < 4.78 is 2.00. The molecule has 0 aliphatic rings. The van der Waals surface area contributed by atoms with E-state index in [1.54, 1.807) is 6.33 Å². The van der Waals surface area contributed by atoms with Gasteiger partial charge in [-0.2, -0.15) is 0 Å². The smallest absolute Gasteiger partial charge is 0.220 e. The summed E-state index contributed by atoms with van der Waals surface area (Å²) in [5.74, 6) is 0.898. The summed E-state index contributed by atoms with van der Waals surface area (Å²) in [4.78, 5) is 15.9. The number of aromatic nitrogens is 4. The highest BCUT2D eigenvalue weighted by atomic mass is 32.1. The number of thiazole rings is 1. The number of anilines is 1. The maximum atomic E-state index is 11.8. The predicted molar refractivity (Wildman–Crippen MR) is 82.0 cm³/mol. The fraction of sp³-hybridized carbons (Fsp3) is 0.538. The third kappa shape index (κ3) is 4.52. The van der Waals surface area contributed by atoms with Crippen LogP contribution in [0.2, 0.25) is 0 Å². The van der Waals surface area contributed by atoms with Crippen molar-refractivity contribution in [3.63, 3.8) is 0 Å². The second-order valence-electron chi connectivity index (χ2n) is 5.03. The van der Waals surface area contributed by atoms with Crippen LogP contribution in [0.5, 0.6) is 0 Å². The van der Waals surface area contributed by atoms with Crippen LogP contribution < -0.4 is 11.1 Å². The highest BCUT2D eigenvalue weighted by Crippen LogP contribution is 2.12. The van der Waals surface area contributed by atoms with Crippen molar-refractivity contribution >= 4 is 22.4 Å². The maximum Gasteiger partial charge on any atom is 0.220 e. The lowest BCUT2D eigenvalue weighted by atomic mass is 10.2. The van der Waals surface area contributed by atoms with E-state index in [1.807, 2.05) is 9.95 Å². The van der Waals surface area contributed by atoms with E-state index in [2.05, 4.69) is 34.3 Å². The predicted octanol–water partition coefficient (Wildman–Crippen LogP) is 1.19. The Labute approximate surface area is 127 Å². The average molecular weight is 308 g/mol. The lowest BCUT2D eigenvalue weighted by Gasteiger charge is -2.10. The fourth-order valence-electron chi connectivity index (χ4n) is 1.96. The largest absolute Gasteiger partial charge is 0.375 e. The molecule has 0 saturated heterocycles. The van der Waals surface area contributed by atoms with E-state index < -0.39 is 0 Å². The highest BCUT2D eigenvalue weighted by molar-refractivity contribution is 7.13. The van der Waals surface area contributed by atoms with Crippen LogP contribution in [-0.2, 0) is 17.6 Å². The Balaban J connectivity index is 1.70. The van der Waals surface area contributed by atoms with Gasteiger partial charge in [0, 0.05) is 30.8 Å². The molecule has 1 amide bonds. The molecule has 21 heavy (non-hydrogen) atoms. The standard InChI is InChI=1S/C13H20N6OS/c1-9(2)19-8-16-18-11(19)5-6-15-12(20)4-3-10-7-21-13(14)17-10/h7-9H,3-6H2,1-2H3,(H2,14,17)(H,15,20). The normalized spacial score (nSPS) is 11.0. The van der Waals surface area contributed by atoms with Crippen molar-refractivity contribution in [1.29, 1.82) is 0 Å². The first kappa shape index (κ1) is 15.4. The molecule has 8 heteroatoms. The topological polar surface area (TPSA) is 98.7 Å². The second kappa shape index (κ2) is 7.16. The lowest BCUT2D eigenvalue weighted by molar-refractivity contribution is -0.121. The van der Waals surface area contributed by atoms with Crippen molar-refractivity contribution in [1.82, 2.24) is 25.1 Å². The molecular formula is C13H20N6OS. The van der Waals surface area contributed by atoms with Gasteiger partial charge in [0.15, 0.2) is 5.13 Å². The summed E-state index contributed by atoms with van der Waals surface area (Å²) in [7, 11) is 0. The number of nitrogens with two attached hydrogens (primary N) is 1. The number of aryl methyl sites for hydroxylation is 1. The van der Waals surface area contributed by atoms with E-state index in [1.165, 1.54) is 11.3 Å². The Morgan fingerprint density at radius 3 is 2.95 bits per heavy atom. The summed E-state index contributed by atoms with van der Waals surface area (Å²) in [6, 6.07) is 0.320. The third-order valence-electron chi connectivity index (χ3n) is 3.05. The van der Waals surface area contributed by atoms with Crippen molar-refractivity contribution in [2.24, 2.45) is 0 Å². The zero-order chi connectivity index (χ0) is 15.2. The molecule has 0 radical (unpaired) electrons. The molecule has 2 aromatic rings. The minimum Gasteiger partial charge on any atom is -0.375 e. The van der Waals surface area contributed by atoms with Gasteiger partial charge in [0.2, 0.25) is 5.91 Å². The third-order valence-corrected chi connectivity index (χ3v) is 3.77. The average Bonchev–Trinajstić information content (AvgIpc) is 3.05. The Morgan fingerprint density at radius 2 is 2.29 bits per heavy atom. The number of hydrogen-bond donors (Lipinski definition) is 2. The van der Waals surface area contributed by atoms with E-state index in [4.69, 9.17) is 5.73 Å². The molecule has 0 aliphatic heterocycles. The summed E-state index contributed by atoms with van der Waals surface area (Å²) in [6.45, 7) is 4.71. The van der Waals surface area contributed by atoms with E-state index >= 15 is 0 Å². The van der Waals surface area contributed by atoms with E-state index in [9.17, 15) is 4.79 Å². The van der Waals surface area contributed by atoms with Gasteiger partial charge in [0.25, 0.3) is 0 Å². The molecule has 0 bridgehead atoms. The minimum absolute atomic E-state index is 0.0113. The highest BCUT2D eigenvalue weighted by Gasteiger charge is 2.08. The van der Waals surface area contributed by atoms with Gasteiger partial charge < -0.3 is 15.6 Å². The first-order valence-corrected chi connectivity index (χ1v) is 7.79. The number of carbonyl (C=O) groups is 1. The van der Waals surface area contributed by atoms with Crippen molar-refractivity contribution < 1.29 is 4.79 Å². The molecule has 7 nitrogen and oxygen atoms in total. The summed E-state index contributed by atoms with van der Waals surface area (Å²) in [6.07, 6.45) is 3.42. The number of nitrogens with one attached hydrogen (secondary N) is 1. The summed E-state index contributed by atoms with van der Waals surface area (Å²) >= 11 is 1.39. The van der Waals surface area contributed by atoms with Crippen LogP contribution >= 0.6 is 11.3 Å². The Kier molecular flexibility index (Phi) is 5.26. The Morgan fingerprint density at radius 1 is 1.48 bits per heavy atom. The molecule has 0 spiro atoms. The number of nitrogen functional groups attached to an aromatic ring is 1.